The summed E-state index contributed by atoms with van der Waals surface area (Å²) in [5.41, 5.74) is 10.4. The van der Waals surface area contributed by atoms with E-state index in [1.165, 1.54) is 105 Å². The Labute approximate surface area is 503 Å². The van der Waals surface area contributed by atoms with E-state index < -0.39 is 5.97 Å². The summed E-state index contributed by atoms with van der Waals surface area (Å²) >= 11 is 0. The predicted octanol–water partition coefficient (Wildman–Crippen LogP) is 20.0. The summed E-state index contributed by atoms with van der Waals surface area (Å²) in [6, 6.07) is 51.6. The number of ether oxygens (including phenoxy) is 5. The van der Waals surface area contributed by atoms with Gasteiger partial charge < -0.3 is 23.7 Å². The molecule has 438 valence electrons. The third-order valence-electron chi connectivity index (χ3n) is 17.3. The van der Waals surface area contributed by atoms with Crippen LogP contribution in [0.15, 0.2) is 196 Å². The van der Waals surface area contributed by atoms with E-state index >= 15 is 0 Å². The zero-order valence-electron chi connectivity index (χ0n) is 50.3. The number of esters is 1. The zero-order valence-corrected chi connectivity index (χ0v) is 50.3. The number of aryl methyl sites for hydroxylation is 1. The van der Waals surface area contributed by atoms with Crippen LogP contribution >= 0.6 is 0 Å². The van der Waals surface area contributed by atoms with E-state index in [0.29, 0.717) is 48.7 Å². The second-order valence-corrected chi connectivity index (χ2v) is 23.4. The number of hydrogen-bond donors (Lipinski definition) is 0. The molecule has 2 aliphatic carbocycles. The lowest BCUT2D eigenvalue weighted by molar-refractivity contribution is -0.137. The van der Waals surface area contributed by atoms with Gasteiger partial charge in [0.15, 0.2) is 0 Å². The molecule has 0 heterocycles. The Hall–Kier alpha value is -7.75. The molecule has 2 unspecified atom stereocenters. The van der Waals surface area contributed by atoms with Crippen LogP contribution in [0.4, 0.5) is 0 Å². The van der Waals surface area contributed by atoms with Crippen LogP contribution in [0.1, 0.15) is 185 Å². The molecule has 6 nitrogen and oxygen atoms in total. The Morgan fingerprint density at radius 2 is 0.881 bits per heavy atom. The van der Waals surface area contributed by atoms with Gasteiger partial charge in [-0.2, -0.15) is 0 Å². The Morgan fingerprint density at radius 3 is 1.31 bits per heavy atom. The molecule has 6 heteroatoms. The van der Waals surface area contributed by atoms with Gasteiger partial charge in [0.1, 0.15) is 34.5 Å². The van der Waals surface area contributed by atoms with Crippen LogP contribution in [-0.4, -0.2) is 25.8 Å². The second kappa shape index (κ2) is 32.9. The number of hydrogen-bond acceptors (Lipinski definition) is 6. The topological polar surface area (TPSA) is 63.2 Å². The van der Waals surface area contributed by atoms with Crippen LogP contribution in [0, 0.1) is 35.5 Å². The minimum absolute atomic E-state index is 0.258. The smallest absolute Gasteiger partial charge is 0.330 e. The molecule has 2 saturated carbocycles. The van der Waals surface area contributed by atoms with Gasteiger partial charge in [0.2, 0.25) is 0 Å². The molecule has 0 aliphatic heterocycles. The summed E-state index contributed by atoms with van der Waals surface area (Å²) < 4.78 is 29.1. The maximum Gasteiger partial charge on any atom is 0.330 e. The third kappa shape index (κ3) is 19.4. The maximum atomic E-state index is 11.3. The second-order valence-electron chi connectivity index (χ2n) is 23.4. The number of carbonyl (C=O) groups is 1. The number of rotatable bonds is 31. The third-order valence-corrected chi connectivity index (χ3v) is 17.3. The van der Waals surface area contributed by atoms with Crippen molar-refractivity contribution in [3.63, 3.8) is 0 Å². The van der Waals surface area contributed by atoms with E-state index in [-0.39, 0.29) is 18.4 Å². The van der Waals surface area contributed by atoms with Crippen LogP contribution in [-0.2, 0) is 20.7 Å². The summed E-state index contributed by atoms with van der Waals surface area (Å²) in [4.78, 5) is 11.3. The monoisotopic (exact) mass is 1120 g/mol. The van der Waals surface area contributed by atoms with Gasteiger partial charge in [-0.1, -0.05) is 208 Å². The lowest BCUT2D eigenvalue weighted by Gasteiger charge is -2.31. The Kier molecular flexibility index (Phi) is 24.4. The van der Waals surface area contributed by atoms with Crippen LogP contribution in [0.5, 0.6) is 17.2 Å². The molecule has 84 heavy (non-hydrogen) atoms. The Bertz CT molecular complexity index is 2870. The van der Waals surface area contributed by atoms with Crippen molar-refractivity contribution in [3.05, 3.63) is 246 Å². The molecule has 2 fully saturated rings. The number of allylic oxidation sites excluding steroid dienone is 1. The largest absolute Gasteiger partial charge is 0.494 e. The first-order valence-corrected chi connectivity index (χ1v) is 31.3. The molecule has 8 rings (SSSR count). The Morgan fingerprint density at radius 1 is 0.476 bits per heavy atom. The standard InChI is InChI=1S/C78H90O6/c1-8-15-60-20-24-65(25-21-60)55-76(71-42-48-74(49-43-71)83-58(6)67-34-28-62(29-35-67)17-12-13-52-80-57(5)10-3)69-36-30-63(31-37-69)18-19-64-32-38-70(39-33-64)77(56-66-26-22-61(16-9-2)23-27-66)72-44-50-75(51-45-72)84-59(7)68-40-46-73(47-41-68)81-53-14-54-82-78(79)11-4/h10-11,28-51,60-61,65-66,76-77H,3-9,12-17,20-27,52-56H2,1-2H3. The van der Waals surface area contributed by atoms with Gasteiger partial charge in [-0.15, -0.1) is 0 Å². The van der Waals surface area contributed by atoms with E-state index in [9.17, 15) is 4.79 Å². The Balaban J connectivity index is 0.907. The summed E-state index contributed by atoms with van der Waals surface area (Å²) in [6.07, 6.45) is 24.4. The van der Waals surface area contributed by atoms with Gasteiger partial charge in [-0.3, -0.25) is 0 Å². The fourth-order valence-corrected chi connectivity index (χ4v) is 12.4. The fourth-order valence-electron chi connectivity index (χ4n) is 12.4. The average Bonchev–Trinajstić information content (AvgIpc) is 3.73. The normalized spacial score (nSPS) is 17.3. The van der Waals surface area contributed by atoms with Gasteiger partial charge in [-0.25, -0.2) is 4.79 Å². The van der Waals surface area contributed by atoms with Crippen molar-refractivity contribution in [3.8, 4) is 29.1 Å². The van der Waals surface area contributed by atoms with Gasteiger partial charge in [0.05, 0.1) is 19.8 Å². The molecule has 6 aromatic rings. The average molecular weight is 1120 g/mol. The molecule has 0 radical (unpaired) electrons. The number of benzene rings is 6. The predicted molar refractivity (Wildman–Crippen MR) is 347 cm³/mol. The molecular formula is C78H90O6. The molecule has 0 N–H and O–H groups in total. The van der Waals surface area contributed by atoms with Crippen LogP contribution in [0.2, 0.25) is 0 Å². The molecule has 0 bridgehead atoms. The minimum Gasteiger partial charge on any atom is -0.494 e. The van der Waals surface area contributed by atoms with Crippen molar-refractivity contribution in [2.24, 2.45) is 23.7 Å². The minimum atomic E-state index is -0.428. The first kappa shape index (κ1) is 62.3. The highest BCUT2D eigenvalue weighted by molar-refractivity contribution is 5.81. The SMILES string of the molecule is C=CC(=C)OCCCCc1ccc(C(=C)Oc2ccc(C(CC3CCC(CCC)CC3)c3ccc(C#Cc4ccc(C(CC5CCC(CCC)CC5)c5ccc(OC(=C)c6ccc(OCCCOC(=O)C=C)cc6)cc5)cc4)cc3)cc2)cc1. The van der Waals surface area contributed by atoms with Crippen molar-refractivity contribution in [2.75, 3.05) is 19.8 Å². The molecule has 6 aromatic carbocycles. The van der Waals surface area contributed by atoms with Gasteiger partial charge >= 0.3 is 5.97 Å². The lowest BCUT2D eigenvalue weighted by atomic mass is 9.74. The highest BCUT2D eigenvalue weighted by Gasteiger charge is 2.27. The van der Waals surface area contributed by atoms with Crippen molar-refractivity contribution < 1.29 is 28.5 Å². The van der Waals surface area contributed by atoms with E-state index in [4.69, 9.17) is 23.7 Å². The summed E-state index contributed by atoms with van der Waals surface area (Å²) in [7, 11) is 0. The van der Waals surface area contributed by atoms with E-state index in [2.05, 4.69) is 180 Å². The summed E-state index contributed by atoms with van der Waals surface area (Å²) in [5.74, 6) is 14.4. The van der Waals surface area contributed by atoms with Gasteiger partial charge in [-0.05, 0) is 162 Å². The van der Waals surface area contributed by atoms with Crippen molar-refractivity contribution in [1.29, 1.82) is 0 Å². The van der Waals surface area contributed by atoms with Gasteiger partial charge in [0, 0.05) is 46.6 Å². The molecule has 0 saturated heterocycles. The van der Waals surface area contributed by atoms with Gasteiger partial charge in [0.25, 0.3) is 0 Å². The van der Waals surface area contributed by atoms with E-state index in [1.807, 2.05) is 24.3 Å². The fraction of sp³-hybridized carbons (Fsp3) is 0.372. The van der Waals surface area contributed by atoms with E-state index in [0.717, 1.165) is 89.5 Å². The highest BCUT2D eigenvalue weighted by Crippen LogP contribution is 2.42. The maximum absolute atomic E-state index is 11.3. The lowest BCUT2D eigenvalue weighted by Crippen LogP contribution is -2.17. The molecule has 2 aliphatic rings. The van der Waals surface area contributed by atoms with Crippen LogP contribution in [0.25, 0.3) is 11.5 Å². The molecular weight excluding hydrogens is 1030 g/mol. The molecule has 2 atom stereocenters. The van der Waals surface area contributed by atoms with Crippen molar-refractivity contribution in [1.82, 2.24) is 0 Å². The first-order valence-electron chi connectivity index (χ1n) is 31.3. The molecule has 0 aromatic heterocycles. The zero-order chi connectivity index (χ0) is 58.9. The van der Waals surface area contributed by atoms with Crippen LogP contribution in [0.3, 0.4) is 0 Å². The van der Waals surface area contributed by atoms with Crippen molar-refractivity contribution in [2.45, 2.75) is 141 Å². The molecule has 0 amide bonds. The number of carbonyl (C=O) groups excluding carboxylic acids is 1. The van der Waals surface area contributed by atoms with E-state index in [1.54, 1.807) is 6.08 Å². The summed E-state index contributed by atoms with van der Waals surface area (Å²) in [5, 5.41) is 0. The number of unbranched alkanes of at least 4 members (excludes halogenated alkanes) is 1. The first-order chi connectivity index (χ1) is 41.1. The van der Waals surface area contributed by atoms with Crippen LogP contribution < -0.4 is 14.2 Å². The highest BCUT2D eigenvalue weighted by atomic mass is 16.5. The summed E-state index contributed by atoms with van der Waals surface area (Å²) in [6.45, 7) is 25.5. The molecule has 0 spiro atoms. The van der Waals surface area contributed by atoms with Crippen molar-refractivity contribution >= 4 is 17.5 Å². The quantitative estimate of drug-likeness (QED) is 0.0108.